The minimum Gasteiger partial charge on any atom is -0.324 e. The number of nitrogens with two attached hydrogens (primary N) is 1. The summed E-state index contributed by atoms with van der Waals surface area (Å²) in [7, 11) is 0. The van der Waals surface area contributed by atoms with E-state index in [-0.39, 0.29) is 0 Å². The average molecular weight is 260 g/mol. The molecule has 0 radical (unpaired) electrons. The van der Waals surface area contributed by atoms with Gasteiger partial charge in [0.25, 0.3) is 5.91 Å². The monoisotopic (exact) mass is 260 g/mol. The molecule has 1 unspecified atom stereocenters. The van der Waals surface area contributed by atoms with Crippen LogP contribution in [0.15, 0.2) is 18.2 Å². The molecule has 1 aromatic carbocycles. The maximum atomic E-state index is 12.6. The number of aryl methyl sites for hydroxylation is 2. The van der Waals surface area contributed by atoms with Crippen molar-refractivity contribution >= 4 is 11.6 Å². The predicted octanol–water partition coefficient (Wildman–Crippen LogP) is 2.52. The molecule has 0 aliphatic rings. The first-order valence-corrected chi connectivity index (χ1v) is 5.30. The average Bonchev–Trinajstić information content (AvgIpc) is 2.21. The van der Waals surface area contributed by atoms with Gasteiger partial charge >= 0.3 is 6.18 Å². The highest BCUT2D eigenvalue weighted by atomic mass is 19.4. The van der Waals surface area contributed by atoms with Gasteiger partial charge in [0.1, 0.15) is 0 Å². The molecule has 0 aliphatic carbocycles. The Bertz CT molecular complexity index is 467. The summed E-state index contributed by atoms with van der Waals surface area (Å²) in [5, 5.41) is 2.21. The van der Waals surface area contributed by atoms with Gasteiger partial charge < -0.3 is 11.1 Å². The lowest BCUT2D eigenvalue weighted by atomic mass is 10.0. The summed E-state index contributed by atoms with van der Waals surface area (Å²) in [5.41, 5.74) is 3.96. The van der Waals surface area contributed by atoms with Gasteiger partial charge in [0.2, 0.25) is 0 Å². The fraction of sp³-hybridized carbons (Fsp3) is 0.417. The molecule has 6 heteroatoms. The third kappa shape index (κ3) is 2.81. The van der Waals surface area contributed by atoms with E-state index in [0.29, 0.717) is 18.2 Å². The summed E-state index contributed by atoms with van der Waals surface area (Å²) in [6.07, 6.45) is -4.80. The van der Waals surface area contributed by atoms with E-state index in [1.54, 1.807) is 32.0 Å². The highest BCUT2D eigenvalue weighted by Crippen LogP contribution is 2.29. The van der Waals surface area contributed by atoms with Crippen LogP contribution in [0.5, 0.6) is 0 Å². The molecule has 0 aliphatic heterocycles. The van der Waals surface area contributed by atoms with Gasteiger partial charge in [0.15, 0.2) is 5.54 Å². The maximum Gasteiger partial charge on any atom is 0.415 e. The summed E-state index contributed by atoms with van der Waals surface area (Å²) < 4.78 is 37.7. The zero-order valence-electron chi connectivity index (χ0n) is 10.4. The molecule has 3 N–H and O–H groups in total. The quantitative estimate of drug-likeness (QED) is 0.858. The van der Waals surface area contributed by atoms with E-state index in [4.69, 9.17) is 5.73 Å². The molecular formula is C12H15F3N2O. The van der Waals surface area contributed by atoms with Crippen molar-refractivity contribution in [3.05, 3.63) is 29.3 Å². The second kappa shape index (κ2) is 4.61. The van der Waals surface area contributed by atoms with Crippen LogP contribution < -0.4 is 11.1 Å². The van der Waals surface area contributed by atoms with Crippen LogP contribution in [-0.2, 0) is 4.79 Å². The zero-order valence-corrected chi connectivity index (χ0v) is 10.4. The first-order chi connectivity index (χ1) is 8.05. The van der Waals surface area contributed by atoms with E-state index in [2.05, 4.69) is 5.32 Å². The summed E-state index contributed by atoms with van der Waals surface area (Å²) >= 11 is 0. The van der Waals surface area contributed by atoms with Crippen molar-refractivity contribution in [1.29, 1.82) is 0 Å². The SMILES string of the molecule is Cc1ccc(C)c(NC(=O)C(C)(N)C(F)(F)F)c1. The van der Waals surface area contributed by atoms with Crippen molar-refractivity contribution in [2.75, 3.05) is 5.32 Å². The molecule has 0 aromatic heterocycles. The summed E-state index contributed by atoms with van der Waals surface area (Å²) in [4.78, 5) is 11.6. The number of rotatable bonds is 2. The number of benzene rings is 1. The normalized spacial score (nSPS) is 15.1. The Balaban J connectivity index is 2.98. The van der Waals surface area contributed by atoms with E-state index in [1.165, 1.54) is 0 Å². The van der Waals surface area contributed by atoms with Crippen LogP contribution in [0.25, 0.3) is 0 Å². The highest BCUT2D eigenvalue weighted by Gasteiger charge is 2.54. The summed E-state index contributed by atoms with van der Waals surface area (Å²) in [6.45, 7) is 4.12. The first-order valence-electron chi connectivity index (χ1n) is 5.30. The number of alkyl halides is 3. The fourth-order valence-corrected chi connectivity index (χ4v) is 1.25. The van der Waals surface area contributed by atoms with Gasteiger partial charge in [-0.25, -0.2) is 0 Å². The second-order valence-corrected chi connectivity index (χ2v) is 4.47. The third-order valence-corrected chi connectivity index (χ3v) is 2.70. The van der Waals surface area contributed by atoms with E-state index in [1.807, 2.05) is 0 Å². The van der Waals surface area contributed by atoms with Crippen LogP contribution in [0, 0.1) is 13.8 Å². The molecule has 100 valence electrons. The fourth-order valence-electron chi connectivity index (χ4n) is 1.25. The van der Waals surface area contributed by atoms with E-state index >= 15 is 0 Å². The zero-order chi connectivity index (χ0) is 14.1. The van der Waals surface area contributed by atoms with Crippen molar-refractivity contribution < 1.29 is 18.0 Å². The molecule has 0 fully saturated rings. The molecule has 0 saturated heterocycles. The molecule has 1 rings (SSSR count). The number of carbonyl (C=O) groups is 1. The Morgan fingerprint density at radius 2 is 1.83 bits per heavy atom. The Hall–Kier alpha value is -1.56. The Morgan fingerprint density at radius 3 is 2.33 bits per heavy atom. The van der Waals surface area contributed by atoms with Gasteiger partial charge in [0.05, 0.1) is 0 Å². The van der Waals surface area contributed by atoms with Crippen molar-refractivity contribution in [3.63, 3.8) is 0 Å². The highest BCUT2D eigenvalue weighted by molar-refractivity contribution is 5.98. The molecule has 0 saturated carbocycles. The van der Waals surface area contributed by atoms with Crippen LogP contribution >= 0.6 is 0 Å². The molecule has 18 heavy (non-hydrogen) atoms. The minimum atomic E-state index is -4.80. The molecule has 0 bridgehead atoms. The van der Waals surface area contributed by atoms with E-state index in [0.717, 1.165) is 5.56 Å². The van der Waals surface area contributed by atoms with Crippen LogP contribution in [0.2, 0.25) is 0 Å². The molecule has 3 nitrogen and oxygen atoms in total. The predicted molar refractivity (Wildman–Crippen MR) is 63.2 cm³/mol. The lowest BCUT2D eigenvalue weighted by molar-refractivity contribution is -0.184. The standard InChI is InChI=1S/C12H15F3N2O/c1-7-4-5-8(2)9(6-7)17-10(18)11(3,16)12(13,14)15/h4-6H,16H2,1-3H3,(H,17,18). The number of amides is 1. The van der Waals surface area contributed by atoms with Gasteiger partial charge in [0, 0.05) is 5.69 Å². The van der Waals surface area contributed by atoms with Gasteiger partial charge in [-0.2, -0.15) is 13.2 Å². The second-order valence-electron chi connectivity index (χ2n) is 4.47. The van der Waals surface area contributed by atoms with Gasteiger partial charge in [-0.3, -0.25) is 4.79 Å². The van der Waals surface area contributed by atoms with E-state index < -0.39 is 17.6 Å². The Labute approximate surface area is 103 Å². The molecule has 1 atom stereocenters. The smallest absolute Gasteiger partial charge is 0.324 e. The minimum absolute atomic E-state index is 0.334. The third-order valence-electron chi connectivity index (χ3n) is 2.70. The van der Waals surface area contributed by atoms with Crippen LogP contribution in [0.1, 0.15) is 18.1 Å². The molecule has 0 spiro atoms. The molecule has 1 aromatic rings. The van der Waals surface area contributed by atoms with Gasteiger partial charge in [-0.15, -0.1) is 0 Å². The van der Waals surface area contributed by atoms with Gasteiger partial charge in [-0.05, 0) is 38.0 Å². The number of hydrogen-bond donors (Lipinski definition) is 2. The molecular weight excluding hydrogens is 245 g/mol. The van der Waals surface area contributed by atoms with Crippen LogP contribution in [-0.4, -0.2) is 17.6 Å². The first kappa shape index (κ1) is 14.5. The Kier molecular flexibility index (Phi) is 3.71. The maximum absolute atomic E-state index is 12.6. The van der Waals surface area contributed by atoms with Gasteiger partial charge in [-0.1, -0.05) is 12.1 Å². The number of nitrogens with one attached hydrogen (secondary N) is 1. The summed E-state index contributed by atoms with van der Waals surface area (Å²) in [6, 6.07) is 5.11. The van der Waals surface area contributed by atoms with Crippen molar-refractivity contribution in [2.24, 2.45) is 5.73 Å². The van der Waals surface area contributed by atoms with Crippen molar-refractivity contribution in [1.82, 2.24) is 0 Å². The Morgan fingerprint density at radius 1 is 1.28 bits per heavy atom. The lowest BCUT2D eigenvalue weighted by Gasteiger charge is -2.26. The summed E-state index contributed by atoms with van der Waals surface area (Å²) in [5.74, 6) is -1.27. The van der Waals surface area contributed by atoms with Crippen LogP contribution in [0.3, 0.4) is 0 Å². The lowest BCUT2D eigenvalue weighted by Crippen LogP contribution is -2.59. The topological polar surface area (TPSA) is 55.1 Å². The molecule has 0 heterocycles. The largest absolute Gasteiger partial charge is 0.415 e. The van der Waals surface area contributed by atoms with Crippen molar-refractivity contribution in [2.45, 2.75) is 32.5 Å². The number of hydrogen-bond acceptors (Lipinski definition) is 2. The number of anilines is 1. The number of carbonyl (C=O) groups excluding carboxylic acids is 1. The molecule has 1 amide bonds. The van der Waals surface area contributed by atoms with E-state index in [9.17, 15) is 18.0 Å². The number of halogens is 3. The van der Waals surface area contributed by atoms with Crippen LogP contribution in [0.4, 0.5) is 18.9 Å². The van der Waals surface area contributed by atoms with Crippen molar-refractivity contribution in [3.8, 4) is 0 Å².